The number of hydrogen-bond donors (Lipinski definition) is 1. The zero-order chi connectivity index (χ0) is 13.1. The number of esters is 1. The Hall–Kier alpha value is -1.41. The van der Waals surface area contributed by atoms with Crippen LogP contribution in [0.3, 0.4) is 0 Å². The minimum absolute atomic E-state index is 0.392. The lowest BCUT2D eigenvalue weighted by Crippen LogP contribution is -2.42. The van der Waals surface area contributed by atoms with Crippen LogP contribution in [0.2, 0.25) is 0 Å². The number of alkyl halides is 5. The maximum absolute atomic E-state index is 12.7. The minimum Gasteiger partial charge on any atom is -0.461 e. The van der Waals surface area contributed by atoms with Crippen LogP contribution >= 0.6 is 0 Å². The van der Waals surface area contributed by atoms with Gasteiger partial charge in [0.25, 0.3) is 0 Å². The predicted molar refractivity (Wildman–Crippen MR) is 40.0 cm³/mol. The average Bonchev–Trinajstić information content (AvgIpc) is 2.14. The van der Waals surface area contributed by atoms with Crippen LogP contribution in [0.4, 0.5) is 26.3 Å². The molecule has 0 aliphatic carbocycles. The fourth-order valence-electron chi connectivity index (χ4n) is 0.595. The van der Waals surface area contributed by atoms with Crippen LogP contribution in [-0.4, -0.2) is 24.7 Å². The fourth-order valence-corrected chi connectivity index (χ4v) is 0.595. The van der Waals surface area contributed by atoms with Crippen LogP contribution in [0.15, 0.2) is 11.5 Å². The number of allylic oxidation sites excluding steroid dienone is 1. The molecule has 0 aromatic carbocycles. The molecule has 0 aliphatic rings. The molecule has 0 amide bonds. The number of carbonyl (C=O) groups is 1. The molecule has 0 spiro atoms. The lowest BCUT2D eigenvalue weighted by molar-refractivity contribution is -0.265. The topological polar surface area (TPSA) is 52.3 Å². The predicted octanol–water partition coefficient (Wildman–Crippen LogP) is 1.89. The first kappa shape index (κ1) is 14.6. The number of nitrogens with two attached hydrogens (primary N) is 1. The van der Waals surface area contributed by atoms with Crippen molar-refractivity contribution in [3.63, 3.8) is 0 Å². The number of hydrogen-bond acceptors (Lipinski definition) is 3. The van der Waals surface area contributed by atoms with Crippen LogP contribution < -0.4 is 5.73 Å². The molecule has 0 aliphatic heterocycles. The molecule has 2 N–H and O–H groups in total. The quantitative estimate of drug-likeness (QED) is 0.473. The second kappa shape index (κ2) is 4.62. The second-order valence-electron chi connectivity index (χ2n) is 2.52. The van der Waals surface area contributed by atoms with Crippen molar-refractivity contribution in [3.8, 4) is 0 Å². The van der Waals surface area contributed by atoms with E-state index in [-0.39, 0.29) is 0 Å². The van der Waals surface area contributed by atoms with Crippen molar-refractivity contribution < 1.29 is 35.9 Å². The molecule has 0 saturated carbocycles. The van der Waals surface area contributed by atoms with Gasteiger partial charge in [0.15, 0.2) is 0 Å². The first-order valence-corrected chi connectivity index (χ1v) is 3.83. The van der Waals surface area contributed by atoms with E-state index in [2.05, 4.69) is 10.5 Å². The van der Waals surface area contributed by atoms with Gasteiger partial charge in [-0.15, -0.1) is 0 Å². The smallest absolute Gasteiger partial charge is 0.459 e. The van der Waals surface area contributed by atoms with Gasteiger partial charge >= 0.3 is 18.1 Å². The van der Waals surface area contributed by atoms with Crippen molar-refractivity contribution in [2.45, 2.75) is 19.0 Å². The molecule has 0 unspecified atom stereocenters. The molecule has 0 saturated heterocycles. The molecule has 9 heteroatoms. The van der Waals surface area contributed by atoms with Gasteiger partial charge in [0.05, 0.1) is 6.61 Å². The summed E-state index contributed by atoms with van der Waals surface area (Å²) < 4.78 is 76.6. The van der Waals surface area contributed by atoms with Crippen molar-refractivity contribution in [1.29, 1.82) is 0 Å². The van der Waals surface area contributed by atoms with E-state index < -0.39 is 36.2 Å². The van der Waals surface area contributed by atoms with Gasteiger partial charge in [-0.25, -0.2) is 4.79 Å². The highest BCUT2D eigenvalue weighted by Crippen LogP contribution is 2.40. The Morgan fingerprint density at radius 3 is 2.00 bits per heavy atom. The van der Waals surface area contributed by atoms with Crippen LogP contribution in [0, 0.1) is 0 Å². The summed E-state index contributed by atoms with van der Waals surface area (Å²) in [6.45, 7) is 0.820. The summed E-state index contributed by atoms with van der Waals surface area (Å²) in [7, 11) is 0. The van der Waals surface area contributed by atoms with Crippen LogP contribution in [0.1, 0.15) is 6.92 Å². The highest BCUT2D eigenvalue weighted by atomic mass is 19.4. The van der Waals surface area contributed by atoms with Crippen LogP contribution in [0.5, 0.6) is 0 Å². The minimum atomic E-state index is -6.08. The first-order valence-electron chi connectivity index (χ1n) is 3.83. The zero-order valence-electron chi connectivity index (χ0n) is 7.87. The van der Waals surface area contributed by atoms with Crippen LogP contribution in [0.25, 0.3) is 0 Å². The third kappa shape index (κ3) is 2.80. The van der Waals surface area contributed by atoms with Gasteiger partial charge in [0, 0.05) is 0 Å². The Bertz CT molecular complexity index is 308. The third-order valence-corrected chi connectivity index (χ3v) is 1.39. The second-order valence-corrected chi connectivity index (χ2v) is 2.52. The number of carbonyl (C=O) groups excluding carboxylic acids is 1. The fraction of sp³-hybridized carbons (Fsp3) is 0.571. The summed E-state index contributed by atoms with van der Waals surface area (Å²) in [6, 6.07) is 0. The Kier molecular flexibility index (Phi) is 4.21. The largest absolute Gasteiger partial charge is 0.461 e. The Morgan fingerprint density at radius 1 is 1.25 bits per heavy atom. The van der Waals surface area contributed by atoms with Gasteiger partial charge in [-0.2, -0.15) is 26.3 Å². The van der Waals surface area contributed by atoms with E-state index >= 15 is 0 Å². The van der Waals surface area contributed by atoms with Gasteiger partial charge in [0.2, 0.25) is 5.83 Å². The standard InChI is InChI=1S/C7H7F6NO2/c1-2-16-5(15)3(8)4(14)6(9,10)7(11,12)13/h2,14H2,1H3/b4-3+. The molecule has 0 radical (unpaired) electrons. The van der Waals surface area contributed by atoms with E-state index in [0.717, 1.165) is 0 Å². The number of halogens is 6. The SMILES string of the molecule is CCOC(=O)/C(F)=C(\N)C(F)(F)C(F)(F)F. The first-order chi connectivity index (χ1) is 7.05. The van der Waals surface area contributed by atoms with Gasteiger partial charge in [-0.05, 0) is 6.92 Å². The molecule has 3 nitrogen and oxygen atoms in total. The summed E-state index contributed by atoms with van der Waals surface area (Å²) in [5, 5.41) is 0. The maximum Gasteiger partial charge on any atom is 0.459 e. The Morgan fingerprint density at radius 2 is 1.69 bits per heavy atom. The normalized spacial score (nSPS) is 14.4. The van der Waals surface area contributed by atoms with Crippen molar-refractivity contribution in [1.82, 2.24) is 0 Å². The van der Waals surface area contributed by atoms with Gasteiger partial charge in [0.1, 0.15) is 5.70 Å². The lowest BCUT2D eigenvalue weighted by Gasteiger charge is -2.19. The number of rotatable bonds is 3. The summed E-state index contributed by atoms with van der Waals surface area (Å²) >= 11 is 0. The Balaban J connectivity index is 5.24. The molecule has 0 atom stereocenters. The monoisotopic (exact) mass is 251 g/mol. The van der Waals surface area contributed by atoms with E-state index in [9.17, 15) is 31.1 Å². The highest BCUT2D eigenvalue weighted by molar-refractivity contribution is 5.87. The Labute approximate surface area is 85.8 Å². The van der Waals surface area contributed by atoms with Crippen LogP contribution in [-0.2, 0) is 9.53 Å². The summed E-state index contributed by atoms with van der Waals surface area (Å²) in [6.07, 6.45) is -6.08. The van der Waals surface area contributed by atoms with E-state index in [0.29, 0.717) is 0 Å². The molecule has 0 fully saturated rings. The molecule has 0 bridgehead atoms. The van der Waals surface area contributed by atoms with Crippen molar-refractivity contribution in [2.24, 2.45) is 5.73 Å². The van der Waals surface area contributed by atoms with Crippen molar-refractivity contribution >= 4 is 5.97 Å². The lowest BCUT2D eigenvalue weighted by atomic mass is 10.2. The summed E-state index contributed by atoms with van der Waals surface area (Å²) in [4.78, 5) is 10.5. The maximum atomic E-state index is 12.7. The molecule has 0 aromatic rings. The van der Waals surface area contributed by atoms with E-state index in [1.165, 1.54) is 6.92 Å². The molecular formula is C7H7F6NO2. The van der Waals surface area contributed by atoms with Gasteiger partial charge in [-0.3, -0.25) is 0 Å². The van der Waals surface area contributed by atoms with E-state index in [1.807, 2.05) is 0 Å². The number of ether oxygens (including phenoxy) is 1. The average molecular weight is 251 g/mol. The molecule has 0 heterocycles. The highest BCUT2D eigenvalue weighted by Gasteiger charge is 2.61. The van der Waals surface area contributed by atoms with Crippen molar-refractivity contribution in [3.05, 3.63) is 11.5 Å². The molecular weight excluding hydrogens is 244 g/mol. The molecule has 16 heavy (non-hydrogen) atoms. The van der Waals surface area contributed by atoms with E-state index in [4.69, 9.17) is 0 Å². The summed E-state index contributed by atoms with van der Waals surface area (Å²) in [5.41, 5.74) is 1.73. The third-order valence-electron chi connectivity index (χ3n) is 1.39. The molecule has 0 rings (SSSR count). The molecule has 0 aromatic heterocycles. The molecule has 94 valence electrons. The van der Waals surface area contributed by atoms with Gasteiger partial charge < -0.3 is 10.5 Å². The van der Waals surface area contributed by atoms with E-state index in [1.54, 1.807) is 0 Å². The summed E-state index contributed by atoms with van der Waals surface area (Å²) in [5.74, 6) is -10.0. The zero-order valence-corrected chi connectivity index (χ0v) is 7.87. The van der Waals surface area contributed by atoms with Crippen molar-refractivity contribution in [2.75, 3.05) is 6.61 Å². The van der Waals surface area contributed by atoms with Gasteiger partial charge in [-0.1, -0.05) is 0 Å².